The number of hydrogen-bond donors (Lipinski definition) is 1. The maximum Gasteiger partial charge on any atom is 0.275 e. The molecular formula is C15H11BrN2O. The lowest BCUT2D eigenvalue weighted by Gasteiger charge is -2.01. The number of carbonyl (C=O) groups is 1. The lowest BCUT2D eigenvalue weighted by molar-refractivity contribution is -0.110. The second-order valence-corrected chi connectivity index (χ2v) is 5.25. The molecular weight excluding hydrogens is 304 g/mol. The number of fused-ring (bicyclic) bond motifs is 1. The first-order valence-corrected chi connectivity index (χ1v) is 6.70. The van der Waals surface area contributed by atoms with Gasteiger partial charge in [-0.3, -0.25) is 4.79 Å². The number of hydrogen-bond acceptors (Lipinski definition) is 2. The molecule has 0 spiro atoms. The zero-order valence-corrected chi connectivity index (χ0v) is 11.9. The zero-order chi connectivity index (χ0) is 13.4. The van der Waals surface area contributed by atoms with E-state index in [0.717, 1.165) is 27.0 Å². The molecule has 1 aliphatic heterocycles. The molecule has 0 aliphatic carbocycles. The highest BCUT2D eigenvalue weighted by atomic mass is 79.9. The predicted molar refractivity (Wildman–Crippen MR) is 80.1 cm³/mol. The molecule has 0 aromatic heterocycles. The van der Waals surface area contributed by atoms with Gasteiger partial charge in [0.1, 0.15) is 5.71 Å². The average molecular weight is 315 g/mol. The minimum Gasteiger partial charge on any atom is -0.320 e. The van der Waals surface area contributed by atoms with Gasteiger partial charge in [0.15, 0.2) is 0 Å². The number of nitrogens with zero attached hydrogens (tertiary/aromatic N) is 1. The number of rotatable bonds is 1. The topological polar surface area (TPSA) is 41.5 Å². The third kappa shape index (κ3) is 2.19. The first-order valence-electron chi connectivity index (χ1n) is 5.91. The van der Waals surface area contributed by atoms with Crippen molar-refractivity contribution in [3.63, 3.8) is 0 Å². The van der Waals surface area contributed by atoms with Gasteiger partial charge in [0.2, 0.25) is 0 Å². The number of carbonyl (C=O) groups excluding carboxylic acids is 1. The summed E-state index contributed by atoms with van der Waals surface area (Å²) in [5.41, 5.74) is 4.02. The van der Waals surface area contributed by atoms with Gasteiger partial charge in [-0.15, -0.1) is 0 Å². The van der Waals surface area contributed by atoms with Gasteiger partial charge < -0.3 is 5.32 Å². The van der Waals surface area contributed by atoms with Crippen molar-refractivity contribution in [1.29, 1.82) is 0 Å². The fourth-order valence-corrected chi connectivity index (χ4v) is 2.29. The molecule has 3 nitrogen and oxygen atoms in total. The first-order chi connectivity index (χ1) is 9.15. The molecule has 19 heavy (non-hydrogen) atoms. The van der Waals surface area contributed by atoms with E-state index in [4.69, 9.17) is 0 Å². The van der Waals surface area contributed by atoms with Gasteiger partial charge in [0, 0.05) is 10.0 Å². The molecule has 2 aromatic carbocycles. The molecule has 0 bridgehead atoms. The maximum atomic E-state index is 11.9. The van der Waals surface area contributed by atoms with Gasteiger partial charge in [0.05, 0.1) is 11.4 Å². The van der Waals surface area contributed by atoms with Crippen LogP contribution in [0.4, 0.5) is 11.4 Å². The largest absolute Gasteiger partial charge is 0.320 e. The highest BCUT2D eigenvalue weighted by molar-refractivity contribution is 9.10. The molecule has 1 aliphatic rings. The fourth-order valence-electron chi connectivity index (χ4n) is 2.04. The van der Waals surface area contributed by atoms with Gasteiger partial charge in [-0.25, -0.2) is 4.99 Å². The van der Waals surface area contributed by atoms with E-state index in [1.165, 1.54) is 0 Å². The number of benzene rings is 2. The van der Waals surface area contributed by atoms with Crippen molar-refractivity contribution in [1.82, 2.24) is 0 Å². The molecule has 0 saturated carbocycles. The standard InChI is InChI=1S/C15H11BrN2O/c1-9-8-10(6-7-12(9)16)17-14-11-4-2-3-5-13(11)18-15(14)19/h2-8H,1H3,(H,17,18,19). The van der Waals surface area contributed by atoms with Crippen molar-refractivity contribution in [3.05, 3.63) is 58.1 Å². The predicted octanol–water partition coefficient (Wildman–Crippen LogP) is 3.83. The van der Waals surface area contributed by atoms with Crippen LogP contribution in [0.15, 0.2) is 51.9 Å². The number of aryl methyl sites for hydroxylation is 1. The fraction of sp³-hybridized carbons (Fsp3) is 0.0667. The van der Waals surface area contributed by atoms with E-state index in [-0.39, 0.29) is 5.91 Å². The Balaban J connectivity index is 2.08. The third-order valence-electron chi connectivity index (χ3n) is 3.03. The van der Waals surface area contributed by atoms with Crippen LogP contribution in [0.2, 0.25) is 0 Å². The van der Waals surface area contributed by atoms with Gasteiger partial charge in [0.25, 0.3) is 5.91 Å². The van der Waals surface area contributed by atoms with Gasteiger partial charge in [-0.05, 0) is 36.8 Å². The van der Waals surface area contributed by atoms with Crippen molar-refractivity contribution in [2.24, 2.45) is 4.99 Å². The summed E-state index contributed by atoms with van der Waals surface area (Å²) in [6.07, 6.45) is 0. The minimum atomic E-state index is -0.151. The number of amides is 1. The Kier molecular flexibility index (Phi) is 2.95. The molecule has 1 heterocycles. The molecule has 4 heteroatoms. The lowest BCUT2D eigenvalue weighted by Crippen LogP contribution is -2.13. The van der Waals surface area contributed by atoms with Crippen LogP contribution in [0.5, 0.6) is 0 Å². The number of anilines is 1. The summed E-state index contributed by atoms with van der Waals surface area (Å²) in [5, 5.41) is 2.81. The summed E-state index contributed by atoms with van der Waals surface area (Å²) in [6, 6.07) is 13.4. The lowest BCUT2D eigenvalue weighted by atomic mass is 10.1. The van der Waals surface area contributed by atoms with Crippen molar-refractivity contribution < 1.29 is 4.79 Å². The summed E-state index contributed by atoms with van der Waals surface area (Å²) in [4.78, 5) is 16.4. The molecule has 0 atom stereocenters. The van der Waals surface area contributed by atoms with E-state index in [9.17, 15) is 4.79 Å². The van der Waals surface area contributed by atoms with Crippen molar-refractivity contribution in [2.45, 2.75) is 6.92 Å². The number of aliphatic imine (C=N–C) groups is 1. The van der Waals surface area contributed by atoms with Gasteiger partial charge in [-0.2, -0.15) is 0 Å². The smallest absolute Gasteiger partial charge is 0.275 e. The van der Waals surface area contributed by atoms with Crippen molar-refractivity contribution in [2.75, 3.05) is 5.32 Å². The molecule has 0 unspecified atom stereocenters. The molecule has 0 saturated heterocycles. The number of halogens is 1. The highest BCUT2D eigenvalue weighted by Crippen LogP contribution is 2.27. The normalized spacial score (nSPS) is 15.5. The second kappa shape index (κ2) is 4.63. The maximum absolute atomic E-state index is 11.9. The van der Waals surface area contributed by atoms with Gasteiger partial charge >= 0.3 is 0 Å². The van der Waals surface area contributed by atoms with Crippen LogP contribution in [-0.4, -0.2) is 11.6 Å². The summed E-state index contributed by atoms with van der Waals surface area (Å²) in [7, 11) is 0. The zero-order valence-electron chi connectivity index (χ0n) is 10.3. The van der Waals surface area contributed by atoms with Crippen LogP contribution >= 0.6 is 15.9 Å². The molecule has 0 fully saturated rings. The Morgan fingerprint density at radius 3 is 2.74 bits per heavy atom. The SMILES string of the molecule is Cc1cc(N=C2C(=O)Nc3ccccc32)ccc1Br. The van der Waals surface area contributed by atoms with Crippen LogP contribution in [0, 0.1) is 6.92 Å². The third-order valence-corrected chi connectivity index (χ3v) is 3.92. The molecule has 94 valence electrons. The van der Waals surface area contributed by atoms with E-state index in [1.807, 2.05) is 49.4 Å². The van der Waals surface area contributed by atoms with Crippen LogP contribution in [0.3, 0.4) is 0 Å². The van der Waals surface area contributed by atoms with Crippen LogP contribution < -0.4 is 5.32 Å². The molecule has 2 aromatic rings. The van der Waals surface area contributed by atoms with Crippen molar-refractivity contribution in [3.8, 4) is 0 Å². The average Bonchev–Trinajstić information content (AvgIpc) is 2.71. The van der Waals surface area contributed by atoms with Crippen LogP contribution in [0.1, 0.15) is 11.1 Å². The number of nitrogens with one attached hydrogen (secondary N) is 1. The monoisotopic (exact) mass is 314 g/mol. The Morgan fingerprint density at radius 2 is 1.95 bits per heavy atom. The molecule has 1 N–H and O–H groups in total. The van der Waals surface area contributed by atoms with E-state index >= 15 is 0 Å². The summed E-state index contributed by atoms with van der Waals surface area (Å²) < 4.78 is 1.03. The molecule has 3 rings (SSSR count). The summed E-state index contributed by atoms with van der Waals surface area (Å²) in [6.45, 7) is 2.00. The van der Waals surface area contributed by atoms with E-state index in [1.54, 1.807) is 0 Å². The number of para-hydroxylation sites is 1. The Labute approximate surface area is 119 Å². The Morgan fingerprint density at radius 1 is 1.16 bits per heavy atom. The van der Waals surface area contributed by atoms with E-state index < -0.39 is 0 Å². The first kappa shape index (κ1) is 12.1. The van der Waals surface area contributed by atoms with Crippen LogP contribution in [-0.2, 0) is 4.79 Å². The molecule has 0 radical (unpaired) electrons. The van der Waals surface area contributed by atoms with E-state index in [0.29, 0.717) is 5.71 Å². The summed E-state index contributed by atoms with van der Waals surface area (Å²) >= 11 is 3.45. The van der Waals surface area contributed by atoms with Crippen LogP contribution in [0.25, 0.3) is 0 Å². The Bertz CT molecular complexity index is 707. The Hall–Kier alpha value is -1.94. The molecule has 1 amide bonds. The van der Waals surface area contributed by atoms with E-state index in [2.05, 4.69) is 26.2 Å². The van der Waals surface area contributed by atoms with Gasteiger partial charge in [-0.1, -0.05) is 34.1 Å². The highest BCUT2D eigenvalue weighted by Gasteiger charge is 2.25. The minimum absolute atomic E-state index is 0.151. The quantitative estimate of drug-likeness (QED) is 0.854. The van der Waals surface area contributed by atoms with Crippen molar-refractivity contribution >= 4 is 38.9 Å². The second-order valence-electron chi connectivity index (χ2n) is 4.39. The summed E-state index contributed by atoms with van der Waals surface area (Å²) in [5.74, 6) is -0.151.